The molecular weight excluding hydrogens is 244 g/mol. The van der Waals surface area contributed by atoms with Gasteiger partial charge in [0.25, 0.3) is 0 Å². The summed E-state index contributed by atoms with van der Waals surface area (Å²) in [5.41, 5.74) is 0.529. The van der Waals surface area contributed by atoms with Crippen molar-refractivity contribution in [3.8, 4) is 0 Å². The summed E-state index contributed by atoms with van der Waals surface area (Å²) in [6.07, 6.45) is 5.05. The number of methoxy groups -OCH3 is 1. The fourth-order valence-electron chi connectivity index (χ4n) is 2.55. The summed E-state index contributed by atoms with van der Waals surface area (Å²) in [5.74, 6) is 0.353. The Labute approximate surface area is 113 Å². The first kappa shape index (κ1) is 14.1. The summed E-state index contributed by atoms with van der Waals surface area (Å²) >= 11 is 0. The molecule has 0 aliphatic carbocycles. The van der Waals surface area contributed by atoms with E-state index in [2.05, 4.69) is 17.3 Å². The van der Waals surface area contributed by atoms with Crippen LogP contribution in [0.3, 0.4) is 0 Å². The predicted octanol–water partition coefficient (Wildman–Crippen LogP) is 1.64. The molecule has 0 amide bonds. The highest BCUT2D eigenvalue weighted by Crippen LogP contribution is 2.18. The molecule has 0 spiro atoms. The Balaban J connectivity index is 1.99. The van der Waals surface area contributed by atoms with Crippen LogP contribution in [0, 0.1) is 0 Å². The van der Waals surface area contributed by atoms with Crippen molar-refractivity contribution >= 4 is 5.97 Å². The maximum Gasteiger partial charge on any atom is 0.341 e. The average Bonchev–Trinajstić information content (AvgIpc) is 2.71. The predicted molar refractivity (Wildman–Crippen MR) is 72.0 cm³/mol. The quantitative estimate of drug-likeness (QED) is 0.840. The molecule has 0 radical (unpaired) electrons. The molecule has 1 aromatic rings. The minimum Gasteiger partial charge on any atom is -0.467 e. The number of nitrogens with one attached hydrogen (secondary N) is 1. The highest BCUT2D eigenvalue weighted by Gasteiger charge is 2.21. The molecule has 1 unspecified atom stereocenters. The molecule has 1 aliphatic heterocycles. The minimum absolute atomic E-state index is 0.334. The van der Waals surface area contributed by atoms with Crippen LogP contribution >= 0.6 is 0 Å². The van der Waals surface area contributed by atoms with E-state index in [9.17, 15) is 4.79 Å². The normalized spacial score (nSPS) is 20.3. The number of carbonyl (C=O) groups excluding carboxylic acids is 1. The monoisotopic (exact) mass is 266 g/mol. The standard InChI is InChI=1S/C14H22N2O3/c1-16(11-4-3-7-15-8-5-11)10-13-12(6-9-19-13)14(17)18-2/h6,9,11,15H,3-5,7-8,10H2,1-2H3. The second-order valence-corrected chi connectivity index (χ2v) is 5.00. The van der Waals surface area contributed by atoms with Gasteiger partial charge in [0, 0.05) is 6.04 Å². The van der Waals surface area contributed by atoms with Crippen LogP contribution in [0.5, 0.6) is 0 Å². The van der Waals surface area contributed by atoms with Gasteiger partial charge in [0.05, 0.1) is 19.9 Å². The van der Waals surface area contributed by atoms with Gasteiger partial charge in [0.2, 0.25) is 0 Å². The Morgan fingerprint density at radius 3 is 3.16 bits per heavy atom. The van der Waals surface area contributed by atoms with Crippen LogP contribution in [0.25, 0.3) is 0 Å². The van der Waals surface area contributed by atoms with Crippen molar-refractivity contribution in [1.29, 1.82) is 0 Å². The smallest absolute Gasteiger partial charge is 0.341 e. The fourth-order valence-corrected chi connectivity index (χ4v) is 2.55. The molecule has 106 valence electrons. The van der Waals surface area contributed by atoms with Crippen LogP contribution in [-0.2, 0) is 11.3 Å². The van der Waals surface area contributed by atoms with Crippen molar-refractivity contribution in [2.24, 2.45) is 0 Å². The maximum atomic E-state index is 11.6. The van der Waals surface area contributed by atoms with Gasteiger partial charge >= 0.3 is 5.97 Å². The number of nitrogens with zero attached hydrogens (tertiary/aromatic N) is 1. The first-order valence-corrected chi connectivity index (χ1v) is 6.78. The Kier molecular flexibility index (Phi) is 4.99. The van der Waals surface area contributed by atoms with Crippen molar-refractivity contribution in [3.63, 3.8) is 0 Å². The van der Waals surface area contributed by atoms with Gasteiger partial charge in [-0.15, -0.1) is 0 Å². The largest absolute Gasteiger partial charge is 0.467 e. The van der Waals surface area contributed by atoms with Gasteiger partial charge in [-0.25, -0.2) is 4.79 Å². The lowest BCUT2D eigenvalue weighted by Gasteiger charge is -2.26. The summed E-state index contributed by atoms with van der Waals surface area (Å²) in [6.45, 7) is 2.79. The zero-order valence-corrected chi connectivity index (χ0v) is 11.6. The van der Waals surface area contributed by atoms with Crippen molar-refractivity contribution in [3.05, 3.63) is 23.7 Å². The molecule has 19 heavy (non-hydrogen) atoms. The van der Waals surface area contributed by atoms with E-state index in [1.54, 1.807) is 12.3 Å². The van der Waals surface area contributed by atoms with E-state index >= 15 is 0 Å². The fraction of sp³-hybridized carbons (Fsp3) is 0.643. The zero-order chi connectivity index (χ0) is 13.7. The summed E-state index contributed by atoms with van der Waals surface area (Å²) < 4.78 is 10.2. The van der Waals surface area contributed by atoms with Gasteiger partial charge < -0.3 is 14.5 Å². The van der Waals surface area contributed by atoms with E-state index in [-0.39, 0.29) is 5.97 Å². The van der Waals surface area contributed by atoms with Crippen LogP contribution in [0.1, 0.15) is 35.4 Å². The highest BCUT2D eigenvalue weighted by molar-refractivity contribution is 5.90. The van der Waals surface area contributed by atoms with Crippen LogP contribution in [0.4, 0.5) is 0 Å². The average molecular weight is 266 g/mol. The number of esters is 1. The topological polar surface area (TPSA) is 54.7 Å². The van der Waals surface area contributed by atoms with Crippen molar-refractivity contribution in [2.75, 3.05) is 27.2 Å². The van der Waals surface area contributed by atoms with Crippen LogP contribution < -0.4 is 5.32 Å². The lowest BCUT2D eigenvalue weighted by atomic mass is 10.1. The first-order valence-electron chi connectivity index (χ1n) is 6.78. The molecule has 1 aromatic heterocycles. The molecule has 1 fully saturated rings. The number of hydrogen-bond acceptors (Lipinski definition) is 5. The molecule has 1 N–H and O–H groups in total. The Morgan fingerprint density at radius 2 is 2.37 bits per heavy atom. The van der Waals surface area contributed by atoms with E-state index in [1.807, 2.05) is 0 Å². The number of furan rings is 1. The minimum atomic E-state index is -0.334. The first-order chi connectivity index (χ1) is 9.22. The molecule has 0 aromatic carbocycles. The summed E-state index contributed by atoms with van der Waals surface area (Å²) in [7, 11) is 3.47. The van der Waals surface area contributed by atoms with Crippen molar-refractivity contribution in [1.82, 2.24) is 10.2 Å². The van der Waals surface area contributed by atoms with Crippen LogP contribution in [0.2, 0.25) is 0 Å². The number of hydrogen-bond donors (Lipinski definition) is 1. The molecule has 0 saturated carbocycles. The summed E-state index contributed by atoms with van der Waals surface area (Å²) in [6, 6.07) is 2.20. The summed E-state index contributed by atoms with van der Waals surface area (Å²) in [4.78, 5) is 13.9. The van der Waals surface area contributed by atoms with Gasteiger partial charge in [-0.1, -0.05) is 0 Å². The van der Waals surface area contributed by atoms with E-state index in [0.29, 0.717) is 23.9 Å². The highest BCUT2D eigenvalue weighted by atomic mass is 16.5. The van der Waals surface area contributed by atoms with Gasteiger partial charge in [-0.3, -0.25) is 4.90 Å². The molecule has 5 nitrogen and oxygen atoms in total. The number of ether oxygens (including phenoxy) is 1. The molecule has 2 rings (SSSR count). The van der Waals surface area contributed by atoms with E-state index in [4.69, 9.17) is 9.15 Å². The third kappa shape index (κ3) is 3.58. The SMILES string of the molecule is COC(=O)c1ccoc1CN(C)C1CCCNCC1. The molecule has 0 bridgehead atoms. The third-order valence-electron chi connectivity index (χ3n) is 3.71. The molecule has 1 atom stereocenters. The van der Waals surface area contributed by atoms with E-state index < -0.39 is 0 Å². The molecule has 1 saturated heterocycles. The van der Waals surface area contributed by atoms with Gasteiger partial charge in [-0.05, 0) is 45.5 Å². The van der Waals surface area contributed by atoms with Gasteiger partial charge in [0.1, 0.15) is 11.3 Å². The Hall–Kier alpha value is -1.33. The second kappa shape index (κ2) is 6.73. The molecule has 2 heterocycles. The van der Waals surface area contributed by atoms with Crippen molar-refractivity contribution < 1.29 is 13.9 Å². The summed E-state index contributed by atoms with van der Waals surface area (Å²) in [5, 5.41) is 3.41. The number of carbonyl (C=O) groups is 1. The van der Waals surface area contributed by atoms with Gasteiger partial charge in [0.15, 0.2) is 0 Å². The van der Waals surface area contributed by atoms with Crippen molar-refractivity contribution in [2.45, 2.75) is 31.8 Å². The van der Waals surface area contributed by atoms with E-state index in [0.717, 1.165) is 19.5 Å². The lowest BCUT2D eigenvalue weighted by Crippen LogP contribution is -2.32. The lowest BCUT2D eigenvalue weighted by molar-refractivity contribution is 0.0595. The van der Waals surface area contributed by atoms with Crippen LogP contribution in [0.15, 0.2) is 16.7 Å². The Morgan fingerprint density at radius 1 is 1.53 bits per heavy atom. The maximum absolute atomic E-state index is 11.6. The molecule has 1 aliphatic rings. The molecular formula is C14H22N2O3. The Bertz CT molecular complexity index is 409. The molecule has 5 heteroatoms. The zero-order valence-electron chi connectivity index (χ0n) is 11.6. The third-order valence-corrected chi connectivity index (χ3v) is 3.71. The second-order valence-electron chi connectivity index (χ2n) is 5.00. The number of rotatable bonds is 4. The van der Waals surface area contributed by atoms with Crippen LogP contribution in [-0.4, -0.2) is 44.2 Å². The van der Waals surface area contributed by atoms with E-state index in [1.165, 1.54) is 20.0 Å². The van der Waals surface area contributed by atoms with Gasteiger partial charge in [-0.2, -0.15) is 0 Å².